The van der Waals surface area contributed by atoms with Crippen LogP contribution in [0, 0.1) is 0 Å². The van der Waals surface area contributed by atoms with Gasteiger partial charge in [-0.05, 0) is 17.7 Å². The van der Waals surface area contributed by atoms with Gasteiger partial charge in [0.1, 0.15) is 0 Å². The first kappa shape index (κ1) is 19.7. The highest BCUT2D eigenvalue weighted by Gasteiger charge is 2.26. The summed E-state index contributed by atoms with van der Waals surface area (Å²) in [6, 6.07) is 20.6. The van der Waals surface area contributed by atoms with Crippen LogP contribution in [0.3, 0.4) is 0 Å². The highest BCUT2D eigenvalue weighted by atomic mass is 32.2. The molecular weight excluding hydrogens is 386 g/mol. The molecule has 0 unspecified atom stereocenters. The fraction of sp³-hybridized carbons (Fsp3) is 0.318. The van der Waals surface area contributed by atoms with Crippen molar-refractivity contribution in [3.05, 3.63) is 60.7 Å². The van der Waals surface area contributed by atoms with Crippen LogP contribution in [0.25, 0.3) is 22.2 Å². The SMILES string of the molecule is CS(=O)(=O)N1CCN(C(=O)CCn2c(-c3ccccc3)cc3ccccc32)CC1. The van der Waals surface area contributed by atoms with Gasteiger partial charge >= 0.3 is 0 Å². The Hall–Kier alpha value is -2.64. The summed E-state index contributed by atoms with van der Waals surface area (Å²) in [5.74, 6) is 0.0648. The van der Waals surface area contributed by atoms with Gasteiger partial charge in [0, 0.05) is 55.7 Å². The van der Waals surface area contributed by atoms with Gasteiger partial charge in [0.25, 0.3) is 0 Å². The Kier molecular flexibility index (Phi) is 5.43. The lowest BCUT2D eigenvalue weighted by Gasteiger charge is -2.33. The maximum Gasteiger partial charge on any atom is 0.224 e. The number of nitrogens with zero attached hydrogens (tertiary/aromatic N) is 3. The molecule has 0 atom stereocenters. The van der Waals surface area contributed by atoms with E-state index in [-0.39, 0.29) is 5.91 Å². The van der Waals surface area contributed by atoms with E-state index in [1.54, 1.807) is 4.90 Å². The zero-order valence-electron chi connectivity index (χ0n) is 16.5. The van der Waals surface area contributed by atoms with Gasteiger partial charge in [0.2, 0.25) is 15.9 Å². The first-order chi connectivity index (χ1) is 13.9. The maximum absolute atomic E-state index is 12.8. The van der Waals surface area contributed by atoms with Gasteiger partial charge in [0.15, 0.2) is 0 Å². The molecule has 1 aliphatic rings. The summed E-state index contributed by atoms with van der Waals surface area (Å²) in [4.78, 5) is 14.6. The van der Waals surface area contributed by atoms with Gasteiger partial charge in [-0.3, -0.25) is 4.79 Å². The standard InChI is InChI=1S/C22H25N3O3S/c1-29(27,28)24-15-13-23(14-16-24)22(26)11-12-25-20-10-6-5-9-19(20)17-21(25)18-7-3-2-4-8-18/h2-10,17H,11-16H2,1H3. The third-order valence-electron chi connectivity index (χ3n) is 5.49. The number of aryl methyl sites for hydroxylation is 1. The van der Waals surface area contributed by atoms with Crippen LogP contribution in [0.5, 0.6) is 0 Å². The highest BCUT2D eigenvalue weighted by molar-refractivity contribution is 7.88. The van der Waals surface area contributed by atoms with Crippen molar-refractivity contribution in [2.45, 2.75) is 13.0 Å². The molecule has 0 saturated carbocycles. The van der Waals surface area contributed by atoms with Crippen molar-refractivity contribution in [1.82, 2.24) is 13.8 Å². The smallest absolute Gasteiger partial charge is 0.224 e. The Labute approximate surface area is 171 Å². The zero-order chi connectivity index (χ0) is 20.4. The summed E-state index contributed by atoms with van der Waals surface area (Å²) in [5, 5.41) is 1.15. The number of piperazine rings is 1. The van der Waals surface area contributed by atoms with Crippen molar-refractivity contribution in [2.75, 3.05) is 32.4 Å². The molecule has 1 amide bonds. The monoisotopic (exact) mass is 411 g/mol. The third kappa shape index (κ3) is 4.21. The van der Waals surface area contributed by atoms with Crippen LogP contribution >= 0.6 is 0 Å². The van der Waals surface area contributed by atoms with Crippen LogP contribution in [0.2, 0.25) is 0 Å². The molecule has 2 heterocycles. The largest absolute Gasteiger partial charge is 0.340 e. The highest BCUT2D eigenvalue weighted by Crippen LogP contribution is 2.28. The topological polar surface area (TPSA) is 62.6 Å². The van der Waals surface area contributed by atoms with Gasteiger partial charge in [-0.15, -0.1) is 0 Å². The minimum absolute atomic E-state index is 0.0648. The van der Waals surface area contributed by atoms with Gasteiger partial charge in [0.05, 0.1) is 6.26 Å². The van der Waals surface area contributed by atoms with Gasteiger partial charge in [-0.1, -0.05) is 48.5 Å². The summed E-state index contributed by atoms with van der Waals surface area (Å²) < 4.78 is 27.0. The van der Waals surface area contributed by atoms with E-state index in [9.17, 15) is 13.2 Å². The van der Waals surface area contributed by atoms with E-state index in [1.807, 2.05) is 30.3 Å². The molecule has 2 aromatic carbocycles. The Morgan fingerprint density at radius 3 is 2.28 bits per heavy atom. The molecule has 4 rings (SSSR count). The summed E-state index contributed by atoms with van der Waals surface area (Å²) in [5.41, 5.74) is 3.33. The van der Waals surface area contributed by atoms with E-state index in [4.69, 9.17) is 0 Å². The molecule has 1 aliphatic heterocycles. The third-order valence-corrected chi connectivity index (χ3v) is 6.79. The van der Waals surface area contributed by atoms with Crippen LogP contribution < -0.4 is 0 Å². The molecule has 1 fully saturated rings. The summed E-state index contributed by atoms with van der Waals surface area (Å²) >= 11 is 0. The Balaban J connectivity index is 1.51. The number of sulfonamides is 1. The molecule has 1 aromatic heterocycles. The Bertz CT molecular complexity index is 1110. The summed E-state index contributed by atoms with van der Waals surface area (Å²) in [6.07, 6.45) is 1.60. The van der Waals surface area contributed by atoms with Gasteiger partial charge in [-0.25, -0.2) is 8.42 Å². The molecule has 0 bridgehead atoms. The van der Waals surface area contributed by atoms with Crippen LogP contribution in [-0.4, -0.2) is 60.5 Å². The van der Waals surface area contributed by atoms with Crippen LogP contribution in [0.1, 0.15) is 6.42 Å². The number of para-hydroxylation sites is 1. The van der Waals surface area contributed by atoms with Crippen molar-refractivity contribution in [3.8, 4) is 11.3 Å². The molecule has 29 heavy (non-hydrogen) atoms. The van der Waals surface area contributed by atoms with Crippen molar-refractivity contribution in [3.63, 3.8) is 0 Å². The fourth-order valence-electron chi connectivity index (χ4n) is 3.93. The molecule has 0 N–H and O–H groups in total. The average Bonchev–Trinajstić information content (AvgIpc) is 3.11. The van der Waals surface area contributed by atoms with Crippen molar-refractivity contribution in [2.24, 2.45) is 0 Å². The summed E-state index contributed by atoms with van der Waals surface area (Å²) in [6.45, 7) is 2.22. The zero-order valence-corrected chi connectivity index (χ0v) is 17.3. The lowest BCUT2D eigenvalue weighted by Crippen LogP contribution is -2.50. The van der Waals surface area contributed by atoms with Gasteiger partial charge < -0.3 is 9.47 Å². The number of carbonyl (C=O) groups is 1. The molecule has 152 valence electrons. The predicted octanol–water partition coefficient (Wildman–Crippen LogP) is 2.80. The predicted molar refractivity (Wildman–Crippen MR) is 115 cm³/mol. The average molecular weight is 412 g/mol. The quantitative estimate of drug-likeness (QED) is 0.649. The van der Waals surface area contributed by atoms with E-state index >= 15 is 0 Å². The normalized spacial score (nSPS) is 15.7. The number of fused-ring (bicyclic) bond motifs is 1. The van der Waals surface area contributed by atoms with E-state index < -0.39 is 10.0 Å². The molecule has 6 nitrogen and oxygen atoms in total. The molecular formula is C22H25N3O3S. The van der Waals surface area contributed by atoms with Crippen LogP contribution in [0.4, 0.5) is 0 Å². The minimum atomic E-state index is -3.19. The van der Waals surface area contributed by atoms with Crippen LogP contribution in [-0.2, 0) is 21.4 Å². The molecule has 3 aromatic rings. The lowest BCUT2D eigenvalue weighted by atomic mass is 10.1. The van der Waals surface area contributed by atoms with Gasteiger partial charge in [-0.2, -0.15) is 4.31 Å². The van der Waals surface area contributed by atoms with Crippen molar-refractivity contribution >= 4 is 26.8 Å². The van der Waals surface area contributed by atoms with E-state index in [0.717, 1.165) is 22.2 Å². The van der Waals surface area contributed by atoms with Crippen molar-refractivity contribution in [1.29, 1.82) is 0 Å². The molecule has 7 heteroatoms. The second-order valence-electron chi connectivity index (χ2n) is 7.40. The number of rotatable bonds is 5. The minimum Gasteiger partial charge on any atom is -0.340 e. The van der Waals surface area contributed by atoms with Crippen LogP contribution in [0.15, 0.2) is 60.7 Å². The first-order valence-corrected chi connectivity index (χ1v) is 11.6. The van der Waals surface area contributed by atoms with E-state index in [1.165, 1.54) is 10.6 Å². The molecule has 0 aliphatic carbocycles. The molecule has 1 saturated heterocycles. The maximum atomic E-state index is 12.8. The second-order valence-corrected chi connectivity index (χ2v) is 9.38. The number of benzene rings is 2. The number of hydrogen-bond acceptors (Lipinski definition) is 3. The first-order valence-electron chi connectivity index (χ1n) is 9.80. The second kappa shape index (κ2) is 8.00. The van der Waals surface area contributed by atoms with Crippen molar-refractivity contribution < 1.29 is 13.2 Å². The van der Waals surface area contributed by atoms with E-state index in [2.05, 4.69) is 34.9 Å². The molecule has 0 spiro atoms. The lowest BCUT2D eigenvalue weighted by molar-refractivity contribution is -0.132. The number of amides is 1. The van der Waals surface area contributed by atoms with E-state index in [0.29, 0.717) is 39.1 Å². The number of carbonyl (C=O) groups excluding carboxylic acids is 1. The number of hydrogen-bond donors (Lipinski definition) is 0. The number of aromatic nitrogens is 1. The Morgan fingerprint density at radius 2 is 1.59 bits per heavy atom. The summed E-state index contributed by atoms with van der Waals surface area (Å²) in [7, 11) is -3.19. The molecule has 0 radical (unpaired) electrons. The Morgan fingerprint density at radius 1 is 0.931 bits per heavy atom. The fourth-order valence-corrected chi connectivity index (χ4v) is 4.76.